The minimum Gasteiger partial charge on any atom is -0.464 e. The van der Waals surface area contributed by atoms with Gasteiger partial charge in [-0.3, -0.25) is 34.2 Å². The Bertz CT molecular complexity index is 3060. The summed E-state index contributed by atoms with van der Waals surface area (Å²) in [7, 11) is 1.73. The van der Waals surface area contributed by atoms with Gasteiger partial charge in [0, 0.05) is 123 Å². The number of hydrogen-bond donors (Lipinski definition) is 2. The van der Waals surface area contributed by atoms with Gasteiger partial charge in [-0.2, -0.15) is 5.26 Å². The molecule has 2 N–H and O–H groups in total. The van der Waals surface area contributed by atoms with E-state index in [4.69, 9.17) is 33.3 Å². The van der Waals surface area contributed by atoms with Crippen LogP contribution in [0.1, 0.15) is 113 Å². The molecule has 12 rings (SSSR count). The number of anilines is 1. The van der Waals surface area contributed by atoms with Crippen LogP contribution in [0.5, 0.6) is 0 Å². The molecule has 9 heterocycles. The fourth-order valence-corrected chi connectivity index (χ4v) is 14.1. The van der Waals surface area contributed by atoms with E-state index in [0.29, 0.717) is 88.4 Å². The Kier molecular flexibility index (Phi) is 15.4. The number of esters is 1. The average Bonchev–Trinajstić information content (AvgIpc) is 4.17. The first kappa shape index (κ1) is 53.8. The van der Waals surface area contributed by atoms with Gasteiger partial charge in [0.1, 0.15) is 23.4 Å². The normalized spacial score (nSPS) is 27.6. The van der Waals surface area contributed by atoms with Gasteiger partial charge in [0.25, 0.3) is 5.91 Å². The van der Waals surface area contributed by atoms with E-state index in [2.05, 4.69) is 86.1 Å². The smallest absolute Gasteiger partial charge is 0.324 e. The lowest BCUT2D eigenvalue weighted by Crippen LogP contribution is -2.62. The molecule has 8 atom stereocenters. The number of nitrogens with one attached hydrogen (secondary N) is 2. The van der Waals surface area contributed by atoms with Crippen molar-refractivity contribution in [1.82, 2.24) is 45.1 Å². The van der Waals surface area contributed by atoms with Crippen LogP contribution in [0.4, 0.5) is 5.69 Å². The maximum absolute atomic E-state index is 15.4. The van der Waals surface area contributed by atoms with E-state index in [1.54, 1.807) is 13.4 Å². The number of nitriles is 1. The fourth-order valence-electron chi connectivity index (χ4n) is 13.1. The maximum Gasteiger partial charge on any atom is 0.324 e. The number of pyridine rings is 1. The Balaban J connectivity index is 0.998. The number of benzene rings is 1. The first-order chi connectivity index (χ1) is 38.4. The van der Waals surface area contributed by atoms with Gasteiger partial charge in [0.05, 0.1) is 78.1 Å². The van der Waals surface area contributed by atoms with Gasteiger partial charge in [-0.15, -0.1) is 11.3 Å². The molecule has 2 amide bonds. The summed E-state index contributed by atoms with van der Waals surface area (Å²) in [5.74, 6) is -2.01. The maximum atomic E-state index is 15.4. The Hall–Kier alpha value is -5.79. The van der Waals surface area contributed by atoms with Gasteiger partial charge in [-0.1, -0.05) is 26.8 Å². The van der Waals surface area contributed by atoms with Crippen LogP contribution in [0.15, 0.2) is 52.9 Å². The summed E-state index contributed by atoms with van der Waals surface area (Å²) in [6.07, 6.45) is 11.2. The molecule has 79 heavy (non-hydrogen) atoms. The number of carbonyl (C=O) groups excluding carboxylic acids is 3. The van der Waals surface area contributed by atoms with Gasteiger partial charge in [-0.25, -0.2) is 15.4 Å². The highest BCUT2D eigenvalue weighted by molar-refractivity contribution is 7.10. The molecular formula is C59H75N11O8S. The van der Waals surface area contributed by atoms with Crippen molar-refractivity contribution in [3.8, 4) is 28.6 Å². The number of hydrogen-bond acceptors (Lipinski definition) is 17. The zero-order chi connectivity index (χ0) is 54.5. The molecule has 4 aromatic heterocycles. The number of hydrazine groups is 1. The van der Waals surface area contributed by atoms with E-state index in [1.807, 2.05) is 18.5 Å². The number of nitrogens with zero attached hydrogens (tertiary/aromatic N) is 9. The number of ether oxygens (including phenoxy) is 4. The van der Waals surface area contributed by atoms with Gasteiger partial charge < -0.3 is 38.1 Å². The molecule has 1 unspecified atom stereocenters. The second kappa shape index (κ2) is 22.6. The molecule has 5 aliphatic heterocycles. The lowest BCUT2D eigenvalue weighted by atomic mass is 9.84. The average molecular weight is 1100 g/mol. The standard InChI is InChI=1S/C59H75N11O8S/c1-35-49(46-31-76-34-62-46)50(35)55(71)64-52-54(68-16-12-37(28-60)30-68)56-63-47(32-79-56)38-8-11-48-42(25-38)44(27-59(3,4)33-78-58(73)45-7-6-15-70(65-45)57(52)72)53(69(48)21-24-77-41-13-22-75-23-14-41)43-26-40(29-61-51(43)36(2)74-5)67-19-17-66(18-20-67)39-9-10-39/h8,11,25-26,29,31-32,34-37,39,41,45,49-50,52,54,65H,6-7,9-10,12-24,27,30,33H2,1-5H3,(H,64,71)/t35-,36-,37+,45?,49-,50+,52-,54-/m0/s1. The van der Waals surface area contributed by atoms with E-state index in [-0.39, 0.29) is 48.4 Å². The predicted octanol–water partition coefficient (Wildman–Crippen LogP) is 7.04. The number of aromatic nitrogens is 4. The minimum atomic E-state index is -1.13. The van der Waals surface area contributed by atoms with Crippen molar-refractivity contribution in [3.05, 3.63) is 70.5 Å². The second-order valence-corrected chi connectivity index (χ2v) is 24.7. The zero-order valence-electron chi connectivity index (χ0n) is 46.2. The zero-order valence-corrected chi connectivity index (χ0v) is 47.1. The number of piperazine rings is 1. The molecule has 19 nitrogen and oxygen atoms in total. The lowest BCUT2D eigenvalue weighted by Gasteiger charge is -2.39. The van der Waals surface area contributed by atoms with Crippen LogP contribution < -0.4 is 15.6 Å². The van der Waals surface area contributed by atoms with Crippen molar-refractivity contribution in [2.75, 3.05) is 84.3 Å². The quantitative estimate of drug-likeness (QED) is 0.113. The number of carbonyl (C=O) groups is 3. The second-order valence-electron chi connectivity index (χ2n) is 23.8. The van der Waals surface area contributed by atoms with E-state index in [0.717, 1.165) is 89.4 Å². The molecule has 4 saturated heterocycles. The van der Waals surface area contributed by atoms with Crippen molar-refractivity contribution >= 4 is 45.7 Å². The number of cyclic esters (lactones) is 1. The van der Waals surface area contributed by atoms with Crippen LogP contribution in [0, 0.1) is 34.5 Å². The Morgan fingerprint density at radius 2 is 1.85 bits per heavy atom. The van der Waals surface area contributed by atoms with Gasteiger partial charge in [0.2, 0.25) is 5.91 Å². The van der Waals surface area contributed by atoms with Crippen LogP contribution in [0.2, 0.25) is 0 Å². The minimum absolute atomic E-state index is 0.0340. The molecule has 1 aromatic carbocycles. The van der Waals surface area contributed by atoms with Gasteiger partial charge in [0.15, 0.2) is 6.39 Å². The van der Waals surface area contributed by atoms with Crippen molar-refractivity contribution in [2.24, 2.45) is 23.2 Å². The monoisotopic (exact) mass is 1100 g/mol. The number of rotatable bonds is 13. The van der Waals surface area contributed by atoms with Crippen molar-refractivity contribution < 1.29 is 37.7 Å². The first-order valence-electron chi connectivity index (χ1n) is 28.7. The summed E-state index contributed by atoms with van der Waals surface area (Å²) < 4.78 is 32.6. The molecular weight excluding hydrogens is 1020 g/mol. The first-order valence-corrected chi connectivity index (χ1v) is 29.6. The third-order valence-electron chi connectivity index (χ3n) is 17.9. The molecule has 6 fully saturated rings. The van der Waals surface area contributed by atoms with Crippen LogP contribution in [-0.4, -0.2) is 156 Å². The summed E-state index contributed by atoms with van der Waals surface area (Å²) in [4.78, 5) is 66.8. The van der Waals surface area contributed by atoms with Crippen LogP contribution >= 0.6 is 11.3 Å². The molecule has 420 valence electrons. The summed E-state index contributed by atoms with van der Waals surface area (Å²) in [5, 5.41) is 18.7. The fraction of sp³-hybridized carbons (Fsp3) is 0.610. The van der Waals surface area contributed by atoms with Crippen LogP contribution in [0.25, 0.3) is 33.4 Å². The predicted molar refractivity (Wildman–Crippen MR) is 296 cm³/mol. The molecule has 7 aliphatic rings. The molecule has 20 heteroatoms. The number of oxazole rings is 1. The molecule has 6 bridgehead atoms. The Labute approximate surface area is 466 Å². The summed E-state index contributed by atoms with van der Waals surface area (Å²) in [6, 6.07) is 9.38. The largest absolute Gasteiger partial charge is 0.464 e. The SMILES string of the molecule is CO[C@@H](C)c1ncc(N2CCN(C3CC3)CC2)cc1-c1c2c3cc(ccc3n1CCOC1CCOCC1)-c1csc(n1)[C@@H](N1CC[C@H](C#N)C1)[C@H](NC(=O)[C@@H]1[C@@H](C)[C@H]1c1cocn1)C(=O)N1CCCC(N1)C(=O)OCC(C)(C)C2. The van der Waals surface area contributed by atoms with Crippen LogP contribution in [-0.2, 0) is 46.3 Å². The third-order valence-corrected chi connectivity index (χ3v) is 18.8. The summed E-state index contributed by atoms with van der Waals surface area (Å²) >= 11 is 1.45. The van der Waals surface area contributed by atoms with Gasteiger partial charge in [-0.05, 0) is 88.0 Å². The number of methoxy groups -OCH3 is 1. The van der Waals surface area contributed by atoms with Crippen molar-refractivity contribution in [2.45, 2.75) is 128 Å². The van der Waals surface area contributed by atoms with E-state index >= 15 is 4.79 Å². The molecule has 0 radical (unpaired) electrons. The number of amides is 2. The van der Waals surface area contributed by atoms with Crippen molar-refractivity contribution in [3.63, 3.8) is 0 Å². The molecule has 5 aromatic rings. The topological polar surface area (TPSA) is 206 Å². The highest BCUT2D eigenvalue weighted by Gasteiger charge is 2.55. The Morgan fingerprint density at radius 1 is 1.03 bits per heavy atom. The lowest BCUT2D eigenvalue weighted by molar-refractivity contribution is -0.156. The number of likely N-dealkylation sites (tertiary alicyclic amines) is 1. The van der Waals surface area contributed by atoms with E-state index in [1.165, 1.54) is 35.6 Å². The summed E-state index contributed by atoms with van der Waals surface area (Å²) in [5.41, 5.74) is 11.0. The van der Waals surface area contributed by atoms with E-state index in [9.17, 15) is 14.9 Å². The highest BCUT2D eigenvalue weighted by atomic mass is 32.1. The number of fused-ring (bicyclic) bond motifs is 6. The Morgan fingerprint density at radius 3 is 2.59 bits per heavy atom. The highest BCUT2D eigenvalue weighted by Crippen LogP contribution is 2.53. The molecule has 0 spiro atoms. The van der Waals surface area contributed by atoms with Crippen LogP contribution in [0.3, 0.4) is 0 Å². The third kappa shape index (κ3) is 11.1. The van der Waals surface area contributed by atoms with Crippen molar-refractivity contribution in [1.29, 1.82) is 5.26 Å². The molecule has 2 saturated carbocycles. The molecule has 2 aliphatic carbocycles. The van der Waals surface area contributed by atoms with E-state index < -0.39 is 35.4 Å². The summed E-state index contributed by atoms with van der Waals surface area (Å²) in [6.45, 7) is 16.0. The number of thiazole rings is 1. The van der Waals surface area contributed by atoms with Gasteiger partial charge >= 0.3 is 5.97 Å².